The number of hydrogen-bond donors (Lipinski definition) is 1. The monoisotopic (exact) mass is 371 g/mol. The van der Waals surface area contributed by atoms with E-state index in [4.69, 9.17) is 4.42 Å². The second-order valence-corrected chi connectivity index (χ2v) is 6.70. The lowest BCUT2D eigenvalue weighted by molar-refractivity contribution is 0.102. The van der Waals surface area contributed by atoms with Crippen molar-refractivity contribution in [2.45, 2.75) is 13.0 Å². The van der Waals surface area contributed by atoms with E-state index in [-0.39, 0.29) is 11.9 Å². The van der Waals surface area contributed by atoms with Gasteiger partial charge in [-0.25, -0.2) is 0 Å². The lowest BCUT2D eigenvalue weighted by Gasteiger charge is -2.24. The molecule has 0 spiro atoms. The lowest BCUT2D eigenvalue weighted by atomic mass is 10.1. The van der Waals surface area contributed by atoms with Crippen molar-refractivity contribution in [1.82, 2.24) is 4.98 Å². The Morgan fingerprint density at radius 1 is 1.00 bits per heavy atom. The number of anilines is 2. The Hall–Kier alpha value is -3.60. The molecule has 0 aliphatic rings. The van der Waals surface area contributed by atoms with E-state index < -0.39 is 0 Å². The number of aromatic nitrogens is 1. The first-order valence-corrected chi connectivity index (χ1v) is 9.16. The van der Waals surface area contributed by atoms with Crippen LogP contribution in [0.15, 0.2) is 83.3 Å². The van der Waals surface area contributed by atoms with Gasteiger partial charge in [0.25, 0.3) is 11.9 Å². The van der Waals surface area contributed by atoms with Crippen molar-refractivity contribution >= 4 is 28.7 Å². The molecule has 0 saturated carbocycles. The summed E-state index contributed by atoms with van der Waals surface area (Å²) in [5.74, 6) is -0.127. The minimum Gasteiger partial charge on any atom is -0.423 e. The molecule has 0 aliphatic carbocycles. The number of benzene rings is 3. The van der Waals surface area contributed by atoms with Crippen molar-refractivity contribution in [3.8, 4) is 0 Å². The minimum absolute atomic E-state index is 0.0154. The molecule has 1 N–H and O–H groups in total. The van der Waals surface area contributed by atoms with Crippen molar-refractivity contribution in [2.75, 3.05) is 17.3 Å². The van der Waals surface area contributed by atoms with Crippen LogP contribution >= 0.6 is 0 Å². The Balaban J connectivity index is 1.53. The van der Waals surface area contributed by atoms with E-state index in [1.807, 2.05) is 78.7 Å². The first-order chi connectivity index (χ1) is 13.6. The van der Waals surface area contributed by atoms with Gasteiger partial charge < -0.3 is 14.6 Å². The van der Waals surface area contributed by atoms with E-state index in [9.17, 15) is 4.79 Å². The van der Waals surface area contributed by atoms with Crippen LogP contribution in [0.4, 0.5) is 11.7 Å². The number of oxazole rings is 1. The molecule has 1 atom stereocenters. The molecule has 1 aromatic heterocycles. The van der Waals surface area contributed by atoms with Gasteiger partial charge in [0.2, 0.25) is 0 Å². The summed E-state index contributed by atoms with van der Waals surface area (Å²) in [6, 6.07) is 25.3. The summed E-state index contributed by atoms with van der Waals surface area (Å²) in [6.07, 6.45) is 0. The number of para-hydroxylation sites is 2. The molecule has 1 unspecified atom stereocenters. The molecule has 1 heterocycles. The largest absolute Gasteiger partial charge is 0.423 e. The number of nitrogens with one attached hydrogen (secondary N) is 1. The maximum Gasteiger partial charge on any atom is 0.298 e. The van der Waals surface area contributed by atoms with Crippen molar-refractivity contribution in [3.63, 3.8) is 0 Å². The van der Waals surface area contributed by atoms with E-state index in [1.54, 1.807) is 12.1 Å². The van der Waals surface area contributed by atoms with Gasteiger partial charge in [0.1, 0.15) is 5.52 Å². The minimum atomic E-state index is -0.127. The van der Waals surface area contributed by atoms with Crippen molar-refractivity contribution in [3.05, 3.63) is 90.0 Å². The van der Waals surface area contributed by atoms with Gasteiger partial charge in [-0.05, 0) is 48.9 Å². The predicted molar refractivity (Wildman–Crippen MR) is 112 cm³/mol. The van der Waals surface area contributed by atoms with Crippen LogP contribution in [0.1, 0.15) is 28.9 Å². The summed E-state index contributed by atoms with van der Waals surface area (Å²) >= 11 is 0. The van der Waals surface area contributed by atoms with Gasteiger partial charge in [-0.15, -0.1) is 0 Å². The van der Waals surface area contributed by atoms with Gasteiger partial charge in [0, 0.05) is 18.3 Å². The second kappa shape index (κ2) is 7.56. The summed E-state index contributed by atoms with van der Waals surface area (Å²) in [7, 11) is 1.95. The van der Waals surface area contributed by atoms with E-state index in [0.717, 1.165) is 22.4 Å². The third-order valence-corrected chi connectivity index (χ3v) is 4.83. The Morgan fingerprint density at radius 3 is 2.54 bits per heavy atom. The second-order valence-electron chi connectivity index (χ2n) is 6.70. The Morgan fingerprint density at radius 2 is 1.75 bits per heavy atom. The molecule has 28 heavy (non-hydrogen) atoms. The number of nitrogens with zero attached hydrogens (tertiary/aromatic N) is 2. The van der Waals surface area contributed by atoms with Gasteiger partial charge in [-0.1, -0.05) is 42.5 Å². The number of rotatable bonds is 5. The summed E-state index contributed by atoms with van der Waals surface area (Å²) in [4.78, 5) is 18.9. The highest BCUT2D eigenvalue weighted by Gasteiger charge is 2.18. The van der Waals surface area contributed by atoms with Gasteiger partial charge in [-0.3, -0.25) is 4.79 Å². The van der Waals surface area contributed by atoms with Crippen LogP contribution in [-0.4, -0.2) is 17.9 Å². The molecule has 1 amide bonds. The van der Waals surface area contributed by atoms with Crippen molar-refractivity contribution in [1.29, 1.82) is 0 Å². The lowest BCUT2D eigenvalue weighted by Crippen LogP contribution is -2.22. The highest BCUT2D eigenvalue weighted by molar-refractivity contribution is 6.04. The molecule has 0 fully saturated rings. The fourth-order valence-electron chi connectivity index (χ4n) is 3.07. The van der Waals surface area contributed by atoms with Gasteiger partial charge >= 0.3 is 0 Å². The van der Waals surface area contributed by atoms with Crippen LogP contribution in [0.25, 0.3) is 11.1 Å². The smallest absolute Gasteiger partial charge is 0.298 e. The van der Waals surface area contributed by atoms with E-state index >= 15 is 0 Å². The Kier molecular flexibility index (Phi) is 4.81. The van der Waals surface area contributed by atoms with Crippen LogP contribution < -0.4 is 10.2 Å². The summed E-state index contributed by atoms with van der Waals surface area (Å²) in [5, 5.41) is 2.96. The third-order valence-electron chi connectivity index (χ3n) is 4.83. The molecule has 0 radical (unpaired) electrons. The van der Waals surface area contributed by atoms with Crippen LogP contribution in [0, 0.1) is 0 Å². The van der Waals surface area contributed by atoms with Gasteiger partial charge in [0.15, 0.2) is 5.58 Å². The number of hydrogen-bond acceptors (Lipinski definition) is 4. The Labute approximate surface area is 163 Å². The zero-order valence-electron chi connectivity index (χ0n) is 15.8. The molecule has 5 heteroatoms. The third kappa shape index (κ3) is 3.60. The predicted octanol–water partition coefficient (Wildman–Crippen LogP) is 5.28. The highest BCUT2D eigenvalue weighted by Crippen LogP contribution is 2.29. The number of amides is 1. The van der Waals surface area contributed by atoms with E-state index in [1.165, 1.54) is 0 Å². The molecule has 0 saturated heterocycles. The zero-order chi connectivity index (χ0) is 19.5. The fourth-order valence-corrected chi connectivity index (χ4v) is 3.07. The van der Waals surface area contributed by atoms with E-state index in [2.05, 4.69) is 17.2 Å². The number of fused-ring (bicyclic) bond motifs is 1. The number of carbonyl (C=O) groups excluding carboxylic acids is 1. The molecule has 140 valence electrons. The molecule has 0 bridgehead atoms. The molecular weight excluding hydrogens is 350 g/mol. The normalized spacial score (nSPS) is 11.9. The first-order valence-electron chi connectivity index (χ1n) is 9.16. The average Bonchev–Trinajstić information content (AvgIpc) is 3.18. The SMILES string of the molecule is CC(c1cccc(NC(=O)c2ccccc2)c1)N(C)c1nc2ccccc2o1. The molecule has 5 nitrogen and oxygen atoms in total. The van der Waals surface area contributed by atoms with Crippen LogP contribution in [-0.2, 0) is 0 Å². The maximum absolute atomic E-state index is 12.4. The summed E-state index contributed by atoms with van der Waals surface area (Å²) in [5.41, 5.74) is 4.03. The van der Waals surface area contributed by atoms with Crippen LogP contribution in [0.3, 0.4) is 0 Å². The molecular formula is C23H21N3O2. The average molecular weight is 371 g/mol. The molecule has 3 aromatic carbocycles. The van der Waals surface area contributed by atoms with Gasteiger partial charge in [-0.2, -0.15) is 4.98 Å². The van der Waals surface area contributed by atoms with Crippen molar-refractivity contribution < 1.29 is 9.21 Å². The standard InChI is InChI=1S/C23H21N3O2/c1-16(26(2)23-25-20-13-6-7-14-21(20)28-23)18-11-8-12-19(15-18)24-22(27)17-9-4-3-5-10-17/h3-16H,1-2H3,(H,24,27). The van der Waals surface area contributed by atoms with Crippen molar-refractivity contribution in [2.24, 2.45) is 0 Å². The molecule has 4 aromatic rings. The van der Waals surface area contributed by atoms with Crippen LogP contribution in [0.5, 0.6) is 0 Å². The van der Waals surface area contributed by atoms with Gasteiger partial charge in [0.05, 0.1) is 6.04 Å². The zero-order valence-corrected chi connectivity index (χ0v) is 15.8. The number of carbonyl (C=O) groups is 1. The van der Waals surface area contributed by atoms with E-state index in [0.29, 0.717) is 11.6 Å². The first kappa shape index (κ1) is 17.8. The maximum atomic E-state index is 12.4. The topological polar surface area (TPSA) is 58.4 Å². The quantitative estimate of drug-likeness (QED) is 0.519. The summed E-state index contributed by atoms with van der Waals surface area (Å²) < 4.78 is 5.87. The summed E-state index contributed by atoms with van der Waals surface area (Å²) in [6.45, 7) is 2.08. The highest BCUT2D eigenvalue weighted by atomic mass is 16.4. The fraction of sp³-hybridized carbons (Fsp3) is 0.130. The Bertz CT molecular complexity index is 1070. The molecule has 4 rings (SSSR count). The van der Waals surface area contributed by atoms with Crippen LogP contribution in [0.2, 0.25) is 0 Å². The molecule has 0 aliphatic heterocycles.